The van der Waals surface area contributed by atoms with Crippen molar-refractivity contribution >= 4 is 11.6 Å². The number of hydrogen-bond acceptors (Lipinski definition) is 1. The molecule has 1 aromatic rings. The van der Waals surface area contributed by atoms with Gasteiger partial charge in [0.15, 0.2) is 0 Å². The summed E-state index contributed by atoms with van der Waals surface area (Å²) in [6.07, 6.45) is 6.17. The van der Waals surface area contributed by atoms with Crippen LogP contribution in [0.4, 0.5) is 0 Å². The third-order valence-corrected chi connectivity index (χ3v) is 3.76. The molecule has 1 aromatic carbocycles. The lowest BCUT2D eigenvalue weighted by Crippen LogP contribution is -2.21. The van der Waals surface area contributed by atoms with E-state index in [0.29, 0.717) is 5.92 Å². The maximum absolute atomic E-state index is 5.95. The third kappa shape index (κ3) is 1.43. The molecular formula is C14H13ClO. The predicted octanol–water partition coefficient (Wildman–Crippen LogP) is 3.62. The zero-order valence-electron chi connectivity index (χ0n) is 9.06. The van der Waals surface area contributed by atoms with Crippen LogP contribution in [0.1, 0.15) is 18.4 Å². The Bertz CT molecular complexity index is 463. The summed E-state index contributed by atoms with van der Waals surface area (Å²) in [4.78, 5) is 0. The number of fused-ring (bicyclic) bond motifs is 1. The van der Waals surface area contributed by atoms with Crippen LogP contribution >= 0.6 is 11.6 Å². The molecule has 1 heterocycles. The van der Waals surface area contributed by atoms with Crippen molar-refractivity contribution in [3.8, 4) is 0 Å². The number of epoxide rings is 1. The van der Waals surface area contributed by atoms with E-state index in [1.165, 1.54) is 5.56 Å². The van der Waals surface area contributed by atoms with Crippen LogP contribution in [0.2, 0.25) is 0 Å². The van der Waals surface area contributed by atoms with Gasteiger partial charge >= 0.3 is 0 Å². The van der Waals surface area contributed by atoms with E-state index in [-0.39, 0.29) is 11.7 Å². The summed E-state index contributed by atoms with van der Waals surface area (Å²) in [5, 5.41) is 0.776. The summed E-state index contributed by atoms with van der Waals surface area (Å²) in [5.41, 5.74) is 1.15. The minimum Gasteiger partial charge on any atom is -0.356 e. The number of hydrogen-bond donors (Lipinski definition) is 0. The average Bonchev–Trinajstić information content (AvgIpc) is 3.04. The van der Waals surface area contributed by atoms with E-state index in [1.54, 1.807) is 0 Å². The number of allylic oxidation sites excluding steroid dienone is 2. The smallest absolute Gasteiger partial charge is 0.124 e. The first-order valence-electron chi connectivity index (χ1n) is 5.52. The molecule has 0 amide bonds. The first kappa shape index (κ1) is 10.1. The Morgan fingerprint density at radius 3 is 2.75 bits per heavy atom. The molecule has 0 aromatic heterocycles. The van der Waals surface area contributed by atoms with E-state index in [0.717, 1.165) is 5.03 Å². The molecule has 3 unspecified atom stereocenters. The Labute approximate surface area is 100 Å². The van der Waals surface area contributed by atoms with Gasteiger partial charge in [0.25, 0.3) is 0 Å². The molecule has 2 heteroatoms. The summed E-state index contributed by atoms with van der Waals surface area (Å²) in [5.74, 6) is 0.357. The van der Waals surface area contributed by atoms with Crippen LogP contribution in [-0.4, -0.2) is 11.7 Å². The lowest BCUT2D eigenvalue weighted by atomic mass is 9.83. The zero-order valence-corrected chi connectivity index (χ0v) is 9.82. The van der Waals surface area contributed by atoms with Gasteiger partial charge in [-0.05, 0) is 23.8 Å². The summed E-state index contributed by atoms with van der Waals surface area (Å²) in [6, 6.07) is 10.5. The fourth-order valence-corrected chi connectivity index (χ4v) is 2.57. The first-order chi connectivity index (χ1) is 7.72. The number of benzene rings is 1. The molecule has 1 saturated heterocycles. The number of rotatable bonds is 2. The van der Waals surface area contributed by atoms with Gasteiger partial charge in [-0.1, -0.05) is 48.9 Å². The van der Waals surface area contributed by atoms with Crippen molar-refractivity contribution < 1.29 is 4.74 Å². The minimum atomic E-state index is -0.153. The highest BCUT2D eigenvalue weighted by molar-refractivity contribution is 6.31. The van der Waals surface area contributed by atoms with Crippen molar-refractivity contribution in [2.45, 2.75) is 24.5 Å². The van der Waals surface area contributed by atoms with E-state index < -0.39 is 0 Å². The van der Waals surface area contributed by atoms with Gasteiger partial charge in [-0.3, -0.25) is 0 Å². The van der Waals surface area contributed by atoms with Crippen LogP contribution in [0, 0.1) is 0 Å². The summed E-state index contributed by atoms with van der Waals surface area (Å²) in [7, 11) is 0. The molecule has 16 heavy (non-hydrogen) atoms. The lowest BCUT2D eigenvalue weighted by Gasteiger charge is -2.19. The maximum Gasteiger partial charge on any atom is 0.124 e. The van der Waals surface area contributed by atoms with E-state index in [9.17, 15) is 0 Å². The monoisotopic (exact) mass is 232 g/mol. The van der Waals surface area contributed by atoms with Gasteiger partial charge in [-0.2, -0.15) is 0 Å². The standard InChI is InChI=1S/C14H13ClO/c1-10(11-5-3-2-4-6-11)14-8-7-12(15)9-13(14)16-14/h2-10,13H,1H3. The van der Waals surface area contributed by atoms with Crippen molar-refractivity contribution in [2.24, 2.45) is 0 Å². The van der Waals surface area contributed by atoms with Crippen LogP contribution in [0.25, 0.3) is 0 Å². The lowest BCUT2D eigenvalue weighted by molar-refractivity contribution is 0.312. The van der Waals surface area contributed by atoms with E-state index in [2.05, 4.69) is 37.3 Å². The second-order valence-corrected chi connectivity index (χ2v) is 4.85. The molecule has 3 atom stereocenters. The summed E-state index contributed by atoms with van der Waals surface area (Å²) >= 11 is 5.95. The van der Waals surface area contributed by atoms with E-state index in [1.807, 2.05) is 18.2 Å². The van der Waals surface area contributed by atoms with Gasteiger partial charge in [0.05, 0.1) is 0 Å². The van der Waals surface area contributed by atoms with E-state index >= 15 is 0 Å². The van der Waals surface area contributed by atoms with Crippen molar-refractivity contribution in [3.05, 3.63) is 59.2 Å². The Morgan fingerprint density at radius 2 is 2.06 bits per heavy atom. The molecule has 1 nitrogen and oxygen atoms in total. The first-order valence-corrected chi connectivity index (χ1v) is 5.89. The van der Waals surface area contributed by atoms with Gasteiger partial charge in [-0.25, -0.2) is 0 Å². The topological polar surface area (TPSA) is 12.5 Å². The average molecular weight is 233 g/mol. The largest absolute Gasteiger partial charge is 0.356 e. The van der Waals surface area contributed by atoms with Gasteiger partial charge in [0.2, 0.25) is 0 Å². The number of ether oxygens (including phenoxy) is 1. The van der Waals surface area contributed by atoms with Crippen molar-refractivity contribution in [2.75, 3.05) is 0 Å². The van der Waals surface area contributed by atoms with Crippen molar-refractivity contribution in [1.82, 2.24) is 0 Å². The van der Waals surface area contributed by atoms with Crippen LogP contribution in [-0.2, 0) is 4.74 Å². The summed E-state index contributed by atoms with van der Waals surface area (Å²) in [6.45, 7) is 2.20. The van der Waals surface area contributed by atoms with Crippen LogP contribution in [0.15, 0.2) is 53.6 Å². The van der Waals surface area contributed by atoms with Crippen LogP contribution in [0.5, 0.6) is 0 Å². The van der Waals surface area contributed by atoms with Crippen LogP contribution in [0.3, 0.4) is 0 Å². The quantitative estimate of drug-likeness (QED) is 0.710. The normalized spacial score (nSPS) is 32.9. The highest BCUT2D eigenvalue weighted by Crippen LogP contribution is 2.52. The second-order valence-electron chi connectivity index (χ2n) is 4.41. The van der Waals surface area contributed by atoms with Gasteiger partial charge in [0, 0.05) is 11.0 Å². The molecule has 1 fully saturated rings. The Balaban J connectivity index is 1.89. The molecule has 0 bridgehead atoms. The van der Waals surface area contributed by atoms with E-state index in [4.69, 9.17) is 16.3 Å². The highest BCUT2D eigenvalue weighted by atomic mass is 35.5. The molecular weight excluding hydrogens is 220 g/mol. The minimum absolute atomic E-state index is 0.153. The molecule has 3 rings (SSSR count). The molecule has 2 aliphatic rings. The molecule has 0 radical (unpaired) electrons. The molecule has 82 valence electrons. The maximum atomic E-state index is 5.95. The van der Waals surface area contributed by atoms with Crippen molar-refractivity contribution in [1.29, 1.82) is 0 Å². The third-order valence-electron chi connectivity index (χ3n) is 3.51. The van der Waals surface area contributed by atoms with Crippen molar-refractivity contribution in [3.63, 3.8) is 0 Å². The molecule has 1 aliphatic heterocycles. The Hall–Kier alpha value is -1.05. The highest BCUT2D eigenvalue weighted by Gasteiger charge is 2.58. The fourth-order valence-electron chi connectivity index (χ4n) is 2.39. The Kier molecular flexibility index (Phi) is 2.20. The zero-order chi connectivity index (χ0) is 11.2. The molecule has 1 aliphatic carbocycles. The predicted molar refractivity (Wildman–Crippen MR) is 65.5 cm³/mol. The Morgan fingerprint density at radius 1 is 1.31 bits per heavy atom. The molecule has 0 saturated carbocycles. The second kappa shape index (κ2) is 3.47. The summed E-state index contributed by atoms with van der Waals surface area (Å²) < 4.78 is 5.80. The van der Waals surface area contributed by atoms with Gasteiger partial charge < -0.3 is 4.74 Å². The SMILES string of the molecule is CC(c1ccccc1)C12C=CC(Cl)=CC1O2. The van der Waals surface area contributed by atoms with Gasteiger partial charge in [-0.15, -0.1) is 0 Å². The van der Waals surface area contributed by atoms with Gasteiger partial charge in [0.1, 0.15) is 11.7 Å². The van der Waals surface area contributed by atoms with Crippen LogP contribution < -0.4 is 0 Å². The molecule has 0 N–H and O–H groups in total. The molecule has 0 spiro atoms. The fraction of sp³-hybridized carbons (Fsp3) is 0.286. The number of halogens is 1.